The Morgan fingerprint density at radius 2 is 2.23 bits per heavy atom. The van der Waals surface area contributed by atoms with Gasteiger partial charge in [-0.15, -0.1) is 0 Å². The lowest BCUT2D eigenvalue weighted by atomic mass is 10.2. The van der Waals surface area contributed by atoms with Crippen LogP contribution >= 0.6 is 0 Å². The van der Waals surface area contributed by atoms with Gasteiger partial charge in [0.15, 0.2) is 11.4 Å². The lowest BCUT2D eigenvalue weighted by Crippen LogP contribution is -1.84. The predicted octanol–water partition coefficient (Wildman–Crippen LogP) is 2.03. The lowest BCUT2D eigenvalue weighted by Gasteiger charge is -1.88. The zero-order chi connectivity index (χ0) is 9.42. The highest BCUT2D eigenvalue weighted by Gasteiger charge is 2.13. The maximum absolute atomic E-state index is 13.1. The zero-order valence-electron chi connectivity index (χ0n) is 6.54. The van der Waals surface area contributed by atoms with E-state index in [4.69, 9.17) is 15.4 Å². The number of rotatable bonds is 0. The first-order valence-corrected chi connectivity index (χ1v) is 3.60. The van der Waals surface area contributed by atoms with Gasteiger partial charge in [0.05, 0.1) is 5.69 Å². The van der Waals surface area contributed by atoms with E-state index in [2.05, 4.69) is 0 Å². The summed E-state index contributed by atoms with van der Waals surface area (Å²) in [5, 5.41) is 9.01. The number of anilines is 1. The maximum atomic E-state index is 13.1. The predicted molar refractivity (Wildman–Crippen MR) is 45.3 cm³/mol. The number of fused-ring (bicyclic) bond motifs is 1. The molecule has 1 heterocycles. The molecule has 0 aliphatic rings. The third-order valence-corrected chi connectivity index (χ3v) is 1.81. The van der Waals surface area contributed by atoms with Gasteiger partial charge in [0, 0.05) is 5.39 Å². The van der Waals surface area contributed by atoms with E-state index in [0.717, 1.165) is 0 Å². The molecule has 3 nitrogen and oxygen atoms in total. The van der Waals surface area contributed by atoms with Crippen LogP contribution in [0.5, 0.6) is 0 Å². The maximum Gasteiger partial charge on any atom is 0.227 e. The molecule has 2 rings (SSSR count). The standard InChI is InChI=1S/C9H5FN2O/c10-6-3-1-2-5-8(12)7(4-11)13-9(5)6/h1-3H,12H2. The number of nitriles is 1. The van der Waals surface area contributed by atoms with Crippen molar-refractivity contribution in [2.45, 2.75) is 0 Å². The molecule has 0 spiro atoms. The quantitative estimate of drug-likeness (QED) is 0.667. The number of para-hydroxylation sites is 1. The number of nitrogens with zero attached hydrogens (tertiary/aromatic N) is 1. The van der Waals surface area contributed by atoms with Gasteiger partial charge in [-0.1, -0.05) is 6.07 Å². The summed E-state index contributed by atoms with van der Waals surface area (Å²) in [7, 11) is 0. The second-order valence-electron chi connectivity index (χ2n) is 2.57. The van der Waals surface area contributed by atoms with Crippen LogP contribution in [-0.2, 0) is 0 Å². The van der Waals surface area contributed by atoms with E-state index in [1.807, 2.05) is 0 Å². The van der Waals surface area contributed by atoms with E-state index >= 15 is 0 Å². The van der Waals surface area contributed by atoms with E-state index in [9.17, 15) is 4.39 Å². The minimum Gasteiger partial charge on any atom is -0.440 e. The van der Waals surface area contributed by atoms with Gasteiger partial charge in [0.25, 0.3) is 0 Å². The van der Waals surface area contributed by atoms with E-state index in [-0.39, 0.29) is 17.0 Å². The van der Waals surface area contributed by atoms with Crippen molar-refractivity contribution in [3.8, 4) is 6.07 Å². The van der Waals surface area contributed by atoms with Crippen molar-refractivity contribution < 1.29 is 8.81 Å². The second kappa shape index (κ2) is 2.49. The zero-order valence-corrected chi connectivity index (χ0v) is 6.54. The van der Waals surface area contributed by atoms with Crippen molar-refractivity contribution in [3.63, 3.8) is 0 Å². The Labute approximate surface area is 73.2 Å². The summed E-state index contributed by atoms with van der Waals surface area (Å²) in [5.74, 6) is -0.550. The van der Waals surface area contributed by atoms with Gasteiger partial charge in [-0.2, -0.15) is 5.26 Å². The third-order valence-electron chi connectivity index (χ3n) is 1.81. The van der Waals surface area contributed by atoms with Crippen molar-refractivity contribution in [1.82, 2.24) is 0 Å². The molecule has 64 valence electrons. The number of nitrogen functional groups attached to an aromatic ring is 1. The van der Waals surface area contributed by atoms with Crippen LogP contribution in [0.1, 0.15) is 5.76 Å². The molecule has 2 aromatic rings. The molecular formula is C9H5FN2O. The first-order valence-electron chi connectivity index (χ1n) is 3.60. The topological polar surface area (TPSA) is 63.0 Å². The average Bonchev–Trinajstić information content (AvgIpc) is 2.45. The summed E-state index contributed by atoms with van der Waals surface area (Å²) in [5.41, 5.74) is 5.77. The molecule has 13 heavy (non-hydrogen) atoms. The molecule has 0 amide bonds. The summed E-state index contributed by atoms with van der Waals surface area (Å²) in [6, 6.07) is 6.14. The largest absolute Gasteiger partial charge is 0.440 e. The Balaban J connectivity index is 2.94. The molecule has 0 bridgehead atoms. The average molecular weight is 176 g/mol. The van der Waals surface area contributed by atoms with E-state index in [1.165, 1.54) is 12.1 Å². The van der Waals surface area contributed by atoms with Crippen LogP contribution in [-0.4, -0.2) is 0 Å². The minimum absolute atomic E-state index is 0.0385. The van der Waals surface area contributed by atoms with Crippen molar-refractivity contribution in [3.05, 3.63) is 29.8 Å². The summed E-state index contributed by atoms with van der Waals surface area (Å²) in [6.45, 7) is 0. The summed E-state index contributed by atoms with van der Waals surface area (Å²) < 4.78 is 18.0. The second-order valence-corrected chi connectivity index (χ2v) is 2.57. The number of benzene rings is 1. The molecule has 1 aromatic carbocycles. The molecule has 0 atom stereocenters. The molecule has 4 heteroatoms. The minimum atomic E-state index is -0.509. The van der Waals surface area contributed by atoms with Crippen molar-refractivity contribution in [2.75, 3.05) is 5.73 Å². The van der Waals surface area contributed by atoms with Gasteiger partial charge in [-0.05, 0) is 12.1 Å². The molecule has 0 radical (unpaired) electrons. The first-order chi connectivity index (χ1) is 6.24. The van der Waals surface area contributed by atoms with Gasteiger partial charge in [-0.3, -0.25) is 0 Å². The molecule has 1 aromatic heterocycles. The molecule has 0 saturated heterocycles. The highest BCUT2D eigenvalue weighted by molar-refractivity contribution is 5.92. The normalized spacial score (nSPS) is 10.2. The van der Waals surface area contributed by atoms with Gasteiger partial charge in [-0.25, -0.2) is 4.39 Å². The summed E-state index contributed by atoms with van der Waals surface area (Å²) >= 11 is 0. The fraction of sp³-hybridized carbons (Fsp3) is 0. The Morgan fingerprint density at radius 3 is 2.85 bits per heavy atom. The number of furan rings is 1. The van der Waals surface area contributed by atoms with E-state index in [1.54, 1.807) is 12.1 Å². The van der Waals surface area contributed by atoms with Crippen LogP contribution in [0.4, 0.5) is 10.1 Å². The summed E-state index contributed by atoms with van der Waals surface area (Å²) in [4.78, 5) is 0. The molecular weight excluding hydrogens is 171 g/mol. The lowest BCUT2D eigenvalue weighted by molar-refractivity contribution is 0.552. The molecule has 0 saturated carbocycles. The van der Waals surface area contributed by atoms with Crippen molar-refractivity contribution in [2.24, 2.45) is 0 Å². The monoisotopic (exact) mass is 176 g/mol. The van der Waals surface area contributed by atoms with Crippen LogP contribution in [0.2, 0.25) is 0 Å². The number of hydrogen-bond donors (Lipinski definition) is 1. The molecule has 0 aliphatic heterocycles. The van der Waals surface area contributed by atoms with Crippen LogP contribution in [0.15, 0.2) is 22.6 Å². The number of nitrogens with two attached hydrogens (primary N) is 1. The fourth-order valence-corrected chi connectivity index (χ4v) is 1.19. The molecule has 0 aliphatic carbocycles. The summed E-state index contributed by atoms with van der Waals surface area (Å²) in [6.07, 6.45) is 0. The van der Waals surface area contributed by atoms with Gasteiger partial charge >= 0.3 is 0 Å². The van der Waals surface area contributed by atoms with Crippen LogP contribution in [0, 0.1) is 17.1 Å². The van der Waals surface area contributed by atoms with Crippen LogP contribution < -0.4 is 5.73 Å². The Bertz CT molecular complexity index is 510. The SMILES string of the molecule is N#Cc1oc2c(F)cccc2c1N. The highest BCUT2D eigenvalue weighted by atomic mass is 19.1. The van der Waals surface area contributed by atoms with Crippen molar-refractivity contribution in [1.29, 1.82) is 5.26 Å². The van der Waals surface area contributed by atoms with Gasteiger partial charge in [0.2, 0.25) is 5.76 Å². The van der Waals surface area contributed by atoms with Gasteiger partial charge < -0.3 is 10.2 Å². The fourth-order valence-electron chi connectivity index (χ4n) is 1.19. The number of hydrogen-bond acceptors (Lipinski definition) is 3. The van der Waals surface area contributed by atoms with Crippen molar-refractivity contribution >= 4 is 16.7 Å². The Hall–Kier alpha value is -2.02. The first kappa shape index (κ1) is 7.62. The molecule has 0 unspecified atom stereocenters. The smallest absolute Gasteiger partial charge is 0.227 e. The highest BCUT2D eigenvalue weighted by Crippen LogP contribution is 2.29. The third kappa shape index (κ3) is 0.942. The van der Waals surface area contributed by atoms with Crippen LogP contribution in [0.25, 0.3) is 11.0 Å². The Kier molecular flexibility index (Phi) is 1.46. The Morgan fingerprint density at radius 1 is 1.46 bits per heavy atom. The van der Waals surface area contributed by atoms with Gasteiger partial charge in [0.1, 0.15) is 6.07 Å². The number of halogens is 1. The molecule has 2 N–H and O–H groups in total. The van der Waals surface area contributed by atoms with E-state index in [0.29, 0.717) is 5.39 Å². The van der Waals surface area contributed by atoms with E-state index < -0.39 is 5.82 Å². The molecule has 0 fully saturated rings. The van der Waals surface area contributed by atoms with Crippen LogP contribution in [0.3, 0.4) is 0 Å².